The summed E-state index contributed by atoms with van der Waals surface area (Å²) in [6.45, 7) is 5.61. The van der Waals surface area contributed by atoms with Gasteiger partial charge in [-0.05, 0) is 37.5 Å². The second kappa shape index (κ2) is 5.86. The first kappa shape index (κ1) is 12.2. The molecule has 0 saturated carbocycles. The Kier molecular flexibility index (Phi) is 4.76. The third-order valence-corrected chi connectivity index (χ3v) is 2.79. The Morgan fingerprint density at radius 3 is 2.87 bits per heavy atom. The molecule has 0 aliphatic rings. The van der Waals surface area contributed by atoms with E-state index in [-0.39, 0.29) is 5.78 Å². The van der Waals surface area contributed by atoms with Gasteiger partial charge >= 0.3 is 0 Å². The third kappa shape index (κ3) is 3.63. The summed E-state index contributed by atoms with van der Waals surface area (Å²) in [4.78, 5) is 11.8. The molecule has 0 aliphatic carbocycles. The van der Waals surface area contributed by atoms with E-state index >= 15 is 0 Å². The fourth-order valence-corrected chi connectivity index (χ4v) is 1.96. The zero-order valence-corrected chi connectivity index (χ0v) is 10.5. The number of aryl methyl sites for hydroxylation is 1. The molecule has 1 nitrogen and oxygen atoms in total. The maximum atomic E-state index is 11.8. The lowest BCUT2D eigenvalue weighted by atomic mass is 10.0. The zero-order valence-electron chi connectivity index (χ0n) is 8.92. The Labute approximate surface area is 99.3 Å². The van der Waals surface area contributed by atoms with Crippen LogP contribution in [0.5, 0.6) is 0 Å². The summed E-state index contributed by atoms with van der Waals surface area (Å²) in [5, 5.41) is 0. The Balaban J connectivity index is 2.69. The molecular formula is C13H15BrO. The molecule has 0 N–H and O–H groups in total. The van der Waals surface area contributed by atoms with Crippen LogP contribution in [0, 0.1) is 6.92 Å². The lowest BCUT2D eigenvalue weighted by Gasteiger charge is -2.04. The average Bonchev–Trinajstić information content (AvgIpc) is 2.17. The van der Waals surface area contributed by atoms with Crippen LogP contribution in [0.1, 0.15) is 35.2 Å². The monoisotopic (exact) mass is 266 g/mol. The number of ketones is 1. The molecule has 0 amide bonds. The maximum absolute atomic E-state index is 11.8. The lowest BCUT2D eigenvalue weighted by molar-refractivity contribution is 0.0980. The Morgan fingerprint density at radius 1 is 1.53 bits per heavy atom. The van der Waals surface area contributed by atoms with Crippen molar-refractivity contribution >= 4 is 21.7 Å². The number of unbranched alkanes of at least 4 members (excludes halogenated alkanes) is 1. The summed E-state index contributed by atoms with van der Waals surface area (Å²) in [6.07, 6.45) is 4.25. The third-order valence-electron chi connectivity index (χ3n) is 2.30. The molecule has 0 saturated heterocycles. The van der Waals surface area contributed by atoms with Gasteiger partial charge < -0.3 is 0 Å². The molecule has 0 bridgehead atoms. The summed E-state index contributed by atoms with van der Waals surface area (Å²) in [5.41, 5.74) is 1.87. The first-order valence-corrected chi connectivity index (χ1v) is 5.84. The molecule has 0 aliphatic heterocycles. The summed E-state index contributed by atoms with van der Waals surface area (Å²) >= 11 is 3.38. The summed E-state index contributed by atoms with van der Waals surface area (Å²) in [7, 11) is 0. The molecule has 0 atom stereocenters. The first-order chi connectivity index (χ1) is 7.15. The van der Waals surface area contributed by atoms with E-state index in [2.05, 4.69) is 22.5 Å². The van der Waals surface area contributed by atoms with Crippen LogP contribution in [0.15, 0.2) is 35.3 Å². The van der Waals surface area contributed by atoms with Crippen LogP contribution >= 0.6 is 15.9 Å². The van der Waals surface area contributed by atoms with Crippen molar-refractivity contribution in [2.45, 2.75) is 26.2 Å². The van der Waals surface area contributed by atoms with E-state index in [0.29, 0.717) is 6.42 Å². The van der Waals surface area contributed by atoms with Gasteiger partial charge in [-0.1, -0.05) is 28.1 Å². The zero-order chi connectivity index (χ0) is 11.3. The molecule has 1 aromatic rings. The molecule has 80 valence electrons. The molecule has 1 aromatic carbocycles. The van der Waals surface area contributed by atoms with Gasteiger partial charge in [0.2, 0.25) is 0 Å². The standard InChI is InChI=1S/C13H15BrO/c1-3-4-5-6-13(15)12-8-7-11(14)9-10(12)2/h3,7-9H,1,4-6H2,2H3. The molecule has 0 fully saturated rings. The Morgan fingerprint density at radius 2 is 2.27 bits per heavy atom. The van der Waals surface area contributed by atoms with Crippen molar-refractivity contribution in [2.24, 2.45) is 0 Å². The predicted molar refractivity (Wildman–Crippen MR) is 67.3 cm³/mol. The highest BCUT2D eigenvalue weighted by molar-refractivity contribution is 9.10. The number of benzene rings is 1. The van der Waals surface area contributed by atoms with Gasteiger partial charge in [-0.15, -0.1) is 6.58 Å². The minimum atomic E-state index is 0.224. The van der Waals surface area contributed by atoms with E-state index in [4.69, 9.17) is 0 Å². The molecule has 0 spiro atoms. The fraction of sp³-hybridized carbons (Fsp3) is 0.308. The van der Waals surface area contributed by atoms with Crippen molar-refractivity contribution in [2.75, 3.05) is 0 Å². The number of carbonyl (C=O) groups excluding carboxylic acids is 1. The number of carbonyl (C=O) groups is 1. The normalized spacial score (nSPS) is 10.0. The average molecular weight is 267 g/mol. The van der Waals surface area contributed by atoms with Gasteiger partial charge in [0.25, 0.3) is 0 Å². The van der Waals surface area contributed by atoms with Gasteiger partial charge in [-0.3, -0.25) is 4.79 Å². The van der Waals surface area contributed by atoms with Crippen molar-refractivity contribution in [3.05, 3.63) is 46.5 Å². The van der Waals surface area contributed by atoms with E-state index < -0.39 is 0 Å². The van der Waals surface area contributed by atoms with Crippen LogP contribution in [0.2, 0.25) is 0 Å². The van der Waals surface area contributed by atoms with E-state index in [0.717, 1.165) is 28.4 Å². The molecule has 15 heavy (non-hydrogen) atoms. The second-order valence-electron chi connectivity index (χ2n) is 3.56. The van der Waals surface area contributed by atoms with Crippen LogP contribution in [-0.2, 0) is 0 Å². The van der Waals surface area contributed by atoms with Crippen molar-refractivity contribution in [3.8, 4) is 0 Å². The fourth-order valence-electron chi connectivity index (χ4n) is 1.48. The van der Waals surface area contributed by atoms with Crippen molar-refractivity contribution in [3.63, 3.8) is 0 Å². The maximum Gasteiger partial charge on any atom is 0.163 e. The smallest absolute Gasteiger partial charge is 0.163 e. The van der Waals surface area contributed by atoms with E-state index in [1.807, 2.05) is 31.2 Å². The van der Waals surface area contributed by atoms with Gasteiger partial charge in [-0.2, -0.15) is 0 Å². The number of rotatable bonds is 5. The topological polar surface area (TPSA) is 17.1 Å². The number of Topliss-reactive ketones (excluding diaryl/α,β-unsaturated/α-hetero) is 1. The number of allylic oxidation sites excluding steroid dienone is 1. The minimum Gasteiger partial charge on any atom is -0.294 e. The highest BCUT2D eigenvalue weighted by Gasteiger charge is 2.08. The predicted octanol–water partition coefficient (Wildman–Crippen LogP) is 4.30. The molecule has 0 heterocycles. The Bertz CT molecular complexity index is 369. The first-order valence-electron chi connectivity index (χ1n) is 5.05. The molecule has 0 aromatic heterocycles. The minimum absolute atomic E-state index is 0.224. The Hall–Kier alpha value is -0.890. The van der Waals surface area contributed by atoms with Crippen LogP contribution < -0.4 is 0 Å². The van der Waals surface area contributed by atoms with E-state index in [1.165, 1.54) is 0 Å². The SMILES string of the molecule is C=CCCCC(=O)c1ccc(Br)cc1C. The van der Waals surface area contributed by atoms with Gasteiger partial charge in [-0.25, -0.2) is 0 Å². The molecule has 0 unspecified atom stereocenters. The van der Waals surface area contributed by atoms with Gasteiger partial charge in [0.1, 0.15) is 0 Å². The molecular weight excluding hydrogens is 252 g/mol. The second-order valence-corrected chi connectivity index (χ2v) is 4.48. The molecule has 2 heteroatoms. The van der Waals surface area contributed by atoms with Crippen LogP contribution in [0.4, 0.5) is 0 Å². The highest BCUT2D eigenvalue weighted by atomic mass is 79.9. The number of halogens is 1. The van der Waals surface area contributed by atoms with Gasteiger partial charge in [0.15, 0.2) is 5.78 Å². The lowest BCUT2D eigenvalue weighted by Crippen LogP contribution is -2.01. The number of hydrogen-bond donors (Lipinski definition) is 0. The van der Waals surface area contributed by atoms with Gasteiger partial charge in [0, 0.05) is 16.5 Å². The number of hydrogen-bond acceptors (Lipinski definition) is 1. The summed E-state index contributed by atoms with van der Waals surface area (Å²) in [5.74, 6) is 0.224. The van der Waals surface area contributed by atoms with Gasteiger partial charge in [0.05, 0.1) is 0 Å². The van der Waals surface area contributed by atoms with E-state index in [9.17, 15) is 4.79 Å². The van der Waals surface area contributed by atoms with Crippen LogP contribution in [-0.4, -0.2) is 5.78 Å². The van der Waals surface area contributed by atoms with Crippen molar-refractivity contribution in [1.29, 1.82) is 0 Å². The van der Waals surface area contributed by atoms with Crippen molar-refractivity contribution in [1.82, 2.24) is 0 Å². The summed E-state index contributed by atoms with van der Waals surface area (Å²) in [6, 6.07) is 5.77. The van der Waals surface area contributed by atoms with Crippen LogP contribution in [0.3, 0.4) is 0 Å². The van der Waals surface area contributed by atoms with Crippen molar-refractivity contribution < 1.29 is 4.79 Å². The molecule has 0 radical (unpaired) electrons. The largest absolute Gasteiger partial charge is 0.294 e. The van der Waals surface area contributed by atoms with E-state index in [1.54, 1.807) is 0 Å². The quantitative estimate of drug-likeness (QED) is 0.441. The van der Waals surface area contributed by atoms with Crippen LogP contribution in [0.25, 0.3) is 0 Å². The highest BCUT2D eigenvalue weighted by Crippen LogP contribution is 2.17. The molecule has 1 rings (SSSR count). The summed E-state index contributed by atoms with van der Waals surface area (Å²) < 4.78 is 1.02.